The number of amides is 2. The summed E-state index contributed by atoms with van der Waals surface area (Å²) in [5.74, 6) is 1.49. The van der Waals surface area contributed by atoms with Crippen molar-refractivity contribution in [2.75, 3.05) is 26.2 Å². The number of halogens is 1. The number of allylic oxidation sites excluding steroid dienone is 5. The Labute approximate surface area is 231 Å². The first-order chi connectivity index (χ1) is 18.9. The van der Waals surface area contributed by atoms with Crippen LogP contribution in [0.15, 0.2) is 42.4 Å². The normalized spacial score (nSPS) is 29.2. The van der Waals surface area contributed by atoms with Crippen molar-refractivity contribution >= 4 is 17.9 Å². The van der Waals surface area contributed by atoms with Gasteiger partial charge in [-0.3, -0.25) is 14.6 Å². The van der Waals surface area contributed by atoms with Crippen LogP contribution in [-0.4, -0.2) is 53.9 Å². The highest BCUT2D eigenvalue weighted by Crippen LogP contribution is 2.48. The average molecular weight is 533 g/mol. The molecular formula is C32H41FN4O2. The van der Waals surface area contributed by atoms with Gasteiger partial charge in [-0.2, -0.15) is 0 Å². The number of hydrogen-bond donors (Lipinski definition) is 2. The molecule has 1 aromatic heterocycles. The van der Waals surface area contributed by atoms with Crippen LogP contribution in [0.25, 0.3) is 6.08 Å². The zero-order valence-corrected chi connectivity index (χ0v) is 23.0. The molecule has 7 heteroatoms. The molecule has 5 aliphatic rings. The summed E-state index contributed by atoms with van der Waals surface area (Å²) in [6.07, 6.45) is 19.8. The molecule has 208 valence electrons. The molecule has 0 aromatic carbocycles. The third-order valence-electron chi connectivity index (χ3n) is 10.1. The number of nitrogens with zero attached hydrogens (tertiary/aromatic N) is 2. The van der Waals surface area contributed by atoms with Gasteiger partial charge in [0.15, 0.2) is 0 Å². The molecule has 3 fully saturated rings. The smallest absolute Gasteiger partial charge is 0.253 e. The second kappa shape index (κ2) is 11.0. The van der Waals surface area contributed by atoms with E-state index < -0.39 is 0 Å². The molecule has 2 amide bonds. The van der Waals surface area contributed by atoms with Gasteiger partial charge in [0.2, 0.25) is 5.91 Å². The van der Waals surface area contributed by atoms with Crippen LogP contribution >= 0.6 is 0 Å². The minimum Gasteiger partial charge on any atom is -0.355 e. The fourth-order valence-electron chi connectivity index (χ4n) is 7.97. The Balaban J connectivity index is 1.04. The molecule has 1 aromatic rings. The van der Waals surface area contributed by atoms with E-state index in [9.17, 15) is 14.0 Å². The fraction of sp³-hybridized carbons (Fsp3) is 0.594. The number of aromatic nitrogens is 1. The van der Waals surface area contributed by atoms with Gasteiger partial charge in [0, 0.05) is 31.2 Å². The maximum absolute atomic E-state index is 13.5. The van der Waals surface area contributed by atoms with Gasteiger partial charge >= 0.3 is 0 Å². The Hall–Kier alpha value is -2.80. The van der Waals surface area contributed by atoms with Gasteiger partial charge in [-0.05, 0) is 100 Å². The zero-order chi connectivity index (χ0) is 27.0. The number of carbonyl (C=O) groups is 2. The van der Waals surface area contributed by atoms with E-state index in [1.54, 1.807) is 18.3 Å². The molecule has 1 saturated carbocycles. The summed E-state index contributed by atoms with van der Waals surface area (Å²) in [7, 11) is 0. The van der Waals surface area contributed by atoms with Gasteiger partial charge in [0.05, 0.1) is 16.7 Å². The van der Waals surface area contributed by atoms with E-state index in [0.717, 1.165) is 50.2 Å². The molecule has 3 aliphatic carbocycles. The van der Waals surface area contributed by atoms with Crippen molar-refractivity contribution in [1.29, 1.82) is 0 Å². The van der Waals surface area contributed by atoms with Crippen molar-refractivity contribution in [3.05, 3.63) is 59.2 Å². The first-order valence-corrected chi connectivity index (χ1v) is 14.9. The lowest BCUT2D eigenvalue weighted by Crippen LogP contribution is -2.51. The van der Waals surface area contributed by atoms with E-state index in [4.69, 9.17) is 4.98 Å². The summed E-state index contributed by atoms with van der Waals surface area (Å²) < 4.78 is 13.5. The van der Waals surface area contributed by atoms with Crippen LogP contribution in [0, 0.1) is 23.2 Å². The summed E-state index contributed by atoms with van der Waals surface area (Å²) in [4.78, 5) is 33.3. The minimum absolute atomic E-state index is 0.0213. The van der Waals surface area contributed by atoms with Crippen molar-refractivity contribution in [2.24, 2.45) is 23.2 Å². The third-order valence-corrected chi connectivity index (χ3v) is 10.1. The summed E-state index contributed by atoms with van der Waals surface area (Å²) in [6.45, 7) is 5.09. The minimum atomic E-state index is -0.377. The molecule has 39 heavy (non-hydrogen) atoms. The lowest BCUT2D eigenvalue weighted by molar-refractivity contribution is -0.132. The molecule has 2 N–H and O–H groups in total. The van der Waals surface area contributed by atoms with Crippen LogP contribution in [-0.2, 0) is 4.79 Å². The Bertz CT molecular complexity index is 1190. The van der Waals surface area contributed by atoms with Crippen molar-refractivity contribution < 1.29 is 14.0 Å². The SMILES string of the molecule is C[C@@H](CN1CCC2(CC1)C(=O)NC[C@@H]2C1C=CC(F)=CC1)NC(=O)c1cnc2c(c1)C=CCC2C1CCCC1. The number of carbonyl (C=O) groups excluding carboxylic acids is 2. The van der Waals surface area contributed by atoms with E-state index in [2.05, 4.69) is 27.7 Å². The Morgan fingerprint density at radius 3 is 2.77 bits per heavy atom. The number of nitrogens with one attached hydrogen (secondary N) is 2. The van der Waals surface area contributed by atoms with E-state index in [-0.39, 0.29) is 40.9 Å². The lowest BCUT2D eigenvalue weighted by atomic mass is 9.64. The lowest BCUT2D eigenvalue weighted by Gasteiger charge is -2.43. The highest BCUT2D eigenvalue weighted by atomic mass is 19.1. The van der Waals surface area contributed by atoms with Gasteiger partial charge < -0.3 is 15.5 Å². The van der Waals surface area contributed by atoms with Crippen LogP contribution in [0.4, 0.5) is 4.39 Å². The Morgan fingerprint density at radius 1 is 1.23 bits per heavy atom. The van der Waals surface area contributed by atoms with Crippen LogP contribution in [0.1, 0.15) is 85.8 Å². The summed E-state index contributed by atoms with van der Waals surface area (Å²) in [5.41, 5.74) is 2.50. The van der Waals surface area contributed by atoms with Crippen LogP contribution < -0.4 is 10.6 Å². The molecule has 4 atom stereocenters. The van der Waals surface area contributed by atoms with E-state index in [0.29, 0.717) is 30.4 Å². The largest absolute Gasteiger partial charge is 0.355 e. The highest BCUT2D eigenvalue weighted by Gasteiger charge is 2.53. The van der Waals surface area contributed by atoms with Gasteiger partial charge in [0.1, 0.15) is 5.83 Å². The number of pyridine rings is 1. The molecule has 0 radical (unpaired) electrons. The van der Waals surface area contributed by atoms with Gasteiger partial charge in [0.25, 0.3) is 5.91 Å². The van der Waals surface area contributed by atoms with Crippen LogP contribution in [0.3, 0.4) is 0 Å². The number of rotatable bonds is 6. The standard InChI is InChI=1S/C32H41FN4O2/c1-21(36-30(38)25-17-24-7-4-8-27(29(24)34-18-25)22-5-2-3-6-22)20-37-15-13-32(14-16-37)28(19-35-31(32)39)23-9-11-26(33)12-10-23/h4,7,9,11-12,17-18,21-23,27-28H,2-3,5-6,8,10,13-16,19-20H2,1H3,(H,35,39)(H,36,38)/t21-,23?,27?,28+/m0/s1. The predicted molar refractivity (Wildman–Crippen MR) is 151 cm³/mol. The summed E-state index contributed by atoms with van der Waals surface area (Å²) >= 11 is 0. The maximum Gasteiger partial charge on any atom is 0.253 e. The maximum atomic E-state index is 13.5. The number of hydrogen-bond acceptors (Lipinski definition) is 4. The molecule has 0 bridgehead atoms. The molecule has 2 saturated heterocycles. The van der Waals surface area contributed by atoms with Crippen LogP contribution in [0.5, 0.6) is 0 Å². The summed E-state index contributed by atoms with van der Waals surface area (Å²) in [5, 5.41) is 6.28. The Morgan fingerprint density at radius 2 is 2.03 bits per heavy atom. The van der Waals surface area contributed by atoms with Crippen LogP contribution in [0.2, 0.25) is 0 Å². The van der Waals surface area contributed by atoms with Crippen molar-refractivity contribution in [3.63, 3.8) is 0 Å². The Kier molecular flexibility index (Phi) is 7.45. The van der Waals surface area contributed by atoms with Crippen molar-refractivity contribution in [1.82, 2.24) is 20.5 Å². The predicted octanol–water partition coefficient (Wildman–Crippen LogP) is 5.15. The van der Waals surface area contributed by atoms with Crippen molar-refractivity contribution in [2.45, 2.75) is 70.3 Å². The topological polar surface area (TPSA) is 74.3 Å². The second-order valence-corrected chi connectivity index (χ2v) is 12.5. The summed E-state index contributed by atoms with van der Waals surface area (Å²) in [6, 6.07) is 1.98. The molecule has 6 rings (SSSR count). The van der Waals surface area contributed by atoms with Gasteiger partial charge in [-0.25, -0.2) is 4.39 Å². The number of piperidine rings is 1. The molecule has 3 heterocycles. The molecule has 2 unspecified atom stereocenters. The monoisotopic (exact) mass is 532 g/mol. The van der Waals surface area contributed by atoms with E-state index in [1.165, 1.54) is 25.7 Å². The van der Waals surface area contributed by atoms with Gasteiger partial charge in [-0.15, -0.1) is 0 Å². The fourth-order valence-corrected chi connectivity index (χ4v) is 7.97. The van der Waals surface area contributed by atoms with E-state index >= 15 is 0 Å². The number of likely N-dealkylation sites (tertiary alicyclic amines) is 1. The second-order valence-electron chi connectivity index (χ2n) is 12.5. The third kappa shape index (κ3) is 5.22. The molecule has 6 nitrogen and oxygen atoms in total. The first kappa shape index (κ1) is 26.4. The first-order valence-electron chi connectivity index (χ1n) is 14.9. The van der Waals surface area contributed by atoms with Crippen molar-refractivity contribution in [3.8, 4) is 0 Å². The quantitative estimate of drug-likeness (QED) is 0.532. The molecule has 1 spiro atoms. The molecule has 2 aliphatic heterocycles. The highest BCUT2D eigenvalue weighted by molar-refractivity contribution is 5.94. The van der Waals surface area contributed by atoms with Gasteiger partial charge in [-0.1, -0.05) is 31.1 Å². The number of fused-ring (bicyclic) bond motifs is 1. The molecular weight excluding hydrogens is 491 g/mol. The average Bonchev–Trinajstić information content (AvgIpc) is 3.59. The zero-order valence-electron chi connectivity index (χ0n) is 23.0. The van der Waals surface area contributed by atoms with E-state index in [1.807, 2.05) is 19.1 Å².